The molecular weight excluding hydrogens is 389 g/mol. The summed E-state index contributed by atoms with van der Waals surface area (Å²) in [6.07, 6.45) is 0.482. The van der Waals surface area contributed by atoms with E-state index < -0.39 is 0 Å². The molecule has 0 spiro atoms. The average Bonchev–Trinajstić information content (AvgIpc) is 3.12. The maximum Gasteiger partial charge on any atom is 0.251 e. The third-order valence-electron chi connectivity index (χ3n) is 4.31. The number of carbonyl (C=O) groups excluding carboxylic acids is 1. The summed E-state index contributed by atoms with van der Waals surface area (Å²) < 4.78 is 30.3. The maximum atomic E-state index is 13.3. The minimum atomic E-state index is -0.322. The molecule has 0 unspecified atom stereocenters. The molecule has 0 aliphatic heterocycles. The van der Waals surface area contributed by atoms with Crippen molar-refractivity contribution in [2.45, 2.75) is 27.2 Å². The fourth-order valence-electron chi connectivity index (χ4n) is 3.07. The molecule has 7 nitrogen and oxygen atoms in total. The molecule has 3 aromatic rings. The van der Waals surface area contributed by atoms with Crippen LogP contribution in [0.1, 0.15) is 37.0 Å². The lowest BCUT2D eigenvalue weighted by molar-refractivity contribution is 0.0953. The van der Waals surface area contributed by atoms with Crippen LogP contribution in [-0.2, 0) is 6.42 Å². The van der Waals surface area contributed by atoms with Crippen molar-refractivity contribution in [3.8, 4) is 17.2 Å². The van der Waals surface area contributed by atoms with Gasteiger partial charge in [0.2, 0.25) is 5.75 Å². The highest BCUT2D eigenvalue weighted by atomic mass is 19.1. The number of halogens is 1. The van der Waals surface area contributed by atoms with Crippen LogP contribution >= 0.6 is 0 Å². The number of hydrogen-bond acceptors (Lipinski definition) is 5. The topological polar surface area (TPSA) is 85.5 Å². The maximum absolute atomic E-state index is 13.3. The molecule has 0 aliphatic rings. The fourth-order valence-corrected chi connectivity index (χ4v) is 3.07. The lowest BCUT2D eigenvalue weighted by Gasteiger charge is -2.17. The summed E-state index contributed by atoms with van der Waals surface area (Å²) in [5, 5.41) is 2.87. The van der Waals surface area contributed by atoms with E-state index in [0.717, 1.165) is 0 Å². The normalized spacial score (nSPS) is 10.8. The van der Waals surface area contributed by atoms with Crippen molar-refractivity contribution >= 4 is 16.9 Å². The molecule has 2 N–H and O–H groups in total. The first-order chi connectivity index (χ1) is 14.5. The predicted molar refractivity (Wildman–Crippen MR) is 112 cm³/mol. The third kappa shape index (κ3) is 5.00. The molecule has 160 valence electrons. The van der Waals surface area contributed by atoms with Gasteiger partial charge >= 0.3 is 0 Å². The monoisotopic (exact) mass is 415 g/mol. The molecule has 1 heterocycles. The summed E-state index contributed by atoms with van der Waals surface area (Å²) >= 11 is 0. The number of nitrogens with one attached hydrogen (secondary N) is 2. The SMILES string of the molecule is CCOc1cc(C(=O)NCCc2nc3ccc(F)cc3[nH]2)cc(OCC)c1OCC. The summed E-state index contributed by atoms with van der Waals surface area (Å²) in [5.74, 6) is 1.52. The number of benzene rings is 2. The van der Waals surface area contributed by atoms with Crippen LogP contribution in [0, 0.1) is 5.82 Å². The number of nitrogens with zero attached hydrogens (tertiary/aromatic N) is 1. The van der Waals surface area contributed by atoms with Gasteiger partial charge in [-0.25, -0.2) is 9.37 Å². The van der Waals surface area contributed by atoms with E-state index in [0.29, 0.717) is 72.5 Å². The number of aromatic amines is 1. The van der Waals surface area contributed by atoms with E-state index in [9.17, 15) is 9.18 Å². The second-order valence-corrected chi connectivity index (χ2v) is 6.45. The summed E-state index contributed by atoms with van der Waals surface area (Å²) in [6.45, 7) is 7.28. The van der Waals surface area contributed by atoms with Gasteiger partial charge in [-0.2, -0.15) is 0 Å². The second kappa shape index (κ2) is 9.96. The molecule has 0 aliphatic carbocycles. The van der Waals surface area contributed by atoms with Crippen molar-refractivity contribution in [2.75, 3.05) is 26.4 Å². The lowest BCUT2D eigenvalue weighted by Crippen LogP contribution is -2.26. The highest BCUT2D eigenvalue weighted by Crippen LogP contribution is 2.39. The summed E-state index contributed by atoms with van der Waals surface area (Å²) in [7, 11) is 0. The number of fused-ring (bicyclic) bond motifs is 1. The zero-order valence-corrected chi connectivity index (χ0v) is 17.4. The van der Waals surface area contributed by atoms with Crippen LogP contribution in [0.4, 0.5) is 4.39 Å². The van der Waals surface area contributed by atoms with Crippen LogP contribution in [0.15, 0.2) is 30.3 Å². The number of aromatic nitrogens is 2. The standard InChI is InChI=1S/C22H26FN3O4/c1-4-28-18-11-14(12-19(29-5-2)21(18)30-6-3)22(27)24-10-9-20-25-16-8-7-15(23)13-17(16)26-20/h7-8,11-13H,4-6,9-10H2,1-3H3,(H,24,27)(H,25,26). The van der Waals surface area contributed by atoms with E-state index in [-0.39, 0.29) is 11.7 Å². The van der Waals surface area contributed by atoms with Gasteiger partial charge in [0, 0.05) is 18.5 Å². The Balaban J connectivity index is 1.71. The first kappa shape index (κ1) is 21.4. The summed E-state index contributed by atoms with van der Waals surface area (Å²) in [6, 6.07) is 7.68. The van der Waals surface area contributed by atoms with Gasteiger partial charge in [0.25, 0.3) is 5.91 Å². The molecule has 0 saturated carbocycles. The van der Waals surface area contributed by atoms with Crippen molar-refractivity contribution < 1.29 is 23.4 Å². The largest absolute Gasteiger partial charge is 0.490 e. The first-order valence-electron chi connectivity index (χ1n) is 10.0. The van der Waals surface area contributed by atoms with Gasteiger partial charge in [-0.1, -0.05) is 0 Å². The molecule has 0 radical (unpaired) electrons. The van der Waals surface area contributed by atoms with Crippen molar-refractivity contribution in [3.05, 3.63) is 47.5 Å². The van der Waals surface area contributed by atoms with Crippen LogP contribution in [0.5, 0.6) is 17.2 Å². The zero-order chi connectivity index (χ0) is 21.5. The van der Waals surface area contributed by atoms with E-state index >= 15 is 0 Å². The number of amides is 1. The van der Waals surface area contributed by atoms with Crippen molar-refractivity contribution in [1.29, 1.82) is 0 Å². The van der Waals surface area contributed by atoms with E-state index in [2.05, 4.69) is 15.3 Å². The molecule has 1 amide bonds. The van der Waals surface area contributed by atoms with Gasteiger partial charge in [0.1, 0.15) is 11.6 Å². The Kier molecular flexibility index (Phi) is 7.11. The third-order valence-corrected chi connectivity index (χ3v) is 4.31. The minimum absolute atomic E-state index is 0.262. The van der Waals surface area contributed by atoms with Crippen LogP contribution < -0.4 is 19.5 Å². The van der Waals surface area contributed by atoms with Crippen LogP contribution in [0.3, 0.4) is 0 Å². The number of rotatable bonds is 10. The highest BCUT2D eigenvalue weighted by molar-refractivity contribution is 5.95. The molecule has 30 heavy (non-hydrogen) atoms. The average molecular weight is 415 g/mol. The first-order valence-corrected chi connectivity index (χ1v) is 10.0. The van der Waals surface area contributed by atoms with E-state index in [1.807, 2.05) is 20.8 Å². The van der Waals surface area contributed by atoms with Crippen LogP contribution in [-0.4, -0.2) is 42.2 Å². The fraction of sp³-hybridized carbons (Fsp3) is 0.364. The quantitative estimate of drug-likeness (QED) is 0.525. The molecule has 3 rings (SSSR count). The van der Waals surface area contributed by atoms with Gasteiger partial charge in [0.05, 0.1) is 30.9 Å². The van der Waals surface area contributed by atoms with Crippen molar-refractivity contribution in [3.63, 3.8) is 0 Å². The number of H-pyrrole nitrogens is 1. The lowest BCUT2D eigenvalue weighted by atomic mass is 10.1. The van der Waals surface area contributed by atoms with Gasteiger partial charge in [-0.15, -0.1) is 0 Å². The Morgan fingerprint density at radius 2 is 1.70 bits per heavy atom. The van der Waals surface area contributed by atoms with Crippen molar-refractivity contribution in [2.24, 2.45) is 0 Å². The Bertz CT molecular complexity index is 992. The van der Waals surface area contributed by atoms with Gasteiger partial charge in [0.15, 0.2) is 11.5 Å². The molecule has 2 aromatic carbocycles. The van der Waals surface area contributed by atoms with E-state index in [4.69, 9.17) is 14.2 Å². The smallest absolute Gasteiger partial charge is 0.251 e. The van der Waals surface area contributed by atoms with Gasteiger partial charge in [-0.3, -0.25) is 4.79 Å². The zero-order valence-electron chi connectivity index (χ0n) is 17.4. The Morgan fingerprint density at radius 3 is 2.33 bits per heavy atom. The number of imidazole rings is 1. The Labute approximate surface area is 174 Å². The molecule has 8 heteroatoms. The summed E-state index contributed by atoms with van der Waals surface area (Å²) in [4.78, 5) is 20.2. The van der Waals surface area contributed by atoms with Gasteiger partial charge in [-0.05, 0) is 51.1 Å². The van der Waals surface area contributed by atoms with E-state index in [1.165, 1.54) is 12.1 Å². The molecule has 0 fully saturated rings. The Hall–Kier alpha value is -3.29. The van der Waals surface area contributed by atoms with Crippen molar-refractivity contribution in [1.82, 2.24) is 15.3 Å². The Morgan fingerprint density at radius 1 is 1.03 bits per heavy atom. The highest BCUT2D eigenvalue weighted by Gasteiger charge is 2.18. The predicted octanol–water partition coefficient (Wildman–Crippen LogP) is 3.87. The van der Waals surface area contributed by atoms with E-state index in [1.54, 1.807) is 18.2 Å². The minimum Gasteiger partial charge on any atom is -0.490 e. The number of ether oxygens (including phenoxy) is 3. The number of hydrogen-bond donors (Lipinski definition) is 2. The van der Waals surface area contributed by atoms with Gasteiger partial charge < -0.3 is 24.5 Å². The summed E-state index contributed by atoms with van der Waals surface area (Å²) in [5.41, 5.74) is 1.73. The molecule has 1 aromatic heterocycles. The van der Waals surface area contributed by atoms with Crippen LogP contribution in [0.25, 0.3) is 11.0 Å². The number of carbonyl (C=O) groups is 1. The molecular formula is C22H26FN3O4. The molecule has 0 bridgehead atoms. The molecule has 0 saturated heterocycles. The second-order valence-electron chi connectivity index (χ2n) is 6.45. The molecule has 0 atom stereocenters. The van der Waals surface area contributed by atoms with Crippen LogP contribution in [0.2, 0.25) is 0 Å².